The van der Waals surface area contributed by atoms with Crippen molar-refractivity contribution in [2.45, 2.75) is 38.8 Å². The molecule has 1 amide bonds. The molecule has 0 radical (unpaired) electrons. The van der Waals surface area contributed by atoms with E-state index in [0.717, 1.165) is 18.6 Å². The molecule has 1 atom stereocenters. The standard InChI is InChI=1S/C13H17F3N2O2/c1-2-3-8(17)6-12(19)18-9-4-5-11(10(14)7-9)20-13(15)16/h4-5,7-8,13H,2-3,6,17H2,1H3,(H,18,19). The lowest BCUT2D eigenvalue weighted by atomic mass is 10.1. The summed E-state index contributed by atoms with van der Waals surface area (Å²) in [5.41, 5.74) is 5.87. The fourth-order valence-corrected chi connectivity index (χ4v) is 1.69. The van der Waals surface area contributed by atoms with Crippen LogP contribution in [0.25, 0.3) is 0 Å². The van der Waals surface area contributed by atoms with E-state index in [1.54, 1.807) is 0 Å². The van der Waals surface area contributed by atoms with Gasteiger partial charge in [0.25, 0.3) is 0 Å². The van der Waals surface area contributed by atoms with Gasteiger partial charge in [-0.1, -0.05) is 13.3 Å². The van der Waals surface area contributed by atoms with E-state index in [1.807, 2.05) is 6.92 Å². The molecule has 1 aromatic rings. The topological polar surface area (TPSA) is 64.4 Å². The smallest absolute Gasteiger partial charge is 0.387 e. The first-order valence-corrected chi connectivity index (χ1v) is 6.22. The number of anilines is 1. The highest BCUT2D eigenvalue weighted by atomic mass is 19.3. The third kappa shape index (κ3) is 5.48. The monoisotopic (exact) mass is 290 g/mol. The Bertz CT molecular complexity index is 455. The number of nitrogens with one attached hydrogen (secondary N) is 1. The molecule has 1 unspecified atom stereocenters. The van der Waals surface area contributed by atoms with Gasteiger partial charge in [-0.25, -0.2) is 4.39 Å². The van der Waals surface area contributed by atoms with Crippen molar-refractivity contribution in [2.75, 3.05) is 5.32 Å². The van der Waals surface area contributed by atoms with Crippen molar-refractivity contribution in [2.24, 2.45) is 5.73 Å². The van der Waals surface area contributed by atoms with E-state index in [9.17, 15) is 18.0 Å². The van der Waals surface area contributed by atoms with Crippen LogP contribution < -0.4 is 15.8 Å². The van der Waals surface area contributed by atoms with E-state index < -0.39 is 18.2 Å². The quantitative estimate of drug-likeness (QED) is 0.811. The molecule has 0 aliphatic carbocycles. The molecular weight excluding hydrogens is 273 g/mol. The molecule has 112 valence electrons. The highest BCUT2D eigenvalue weighted by Gasteiger charge is 2.12. The van der Waals surface area contributed by atoms with Crippen LogP contribution in [0.3, 0.4) is 0 Å². The van der Waals surface area contributed by atoms with Crippen molar-refractivity contribution in [3.05, 3.63) is 24.0 Å². The molecule has 1 aromatic carbocycles. The van der Waals surface area contributed by atoms with Crippen molar-refractivity contribution in [3.63, 3.8) is 0 Å². The average molecular weight is 290 g/mol. The van der Waals surface area contributed by atoms with E-state index in [-0.39, 0.29) is 24.1 Å². The Hall–Kier alpha value is -1.76. The number of hydrogen-bond donors (Lipinski definition) is 2. The Morgan fingerprint density at radius 1 is 1.45 bits per heavy atom. The van der Waals surface area contributed by atoms with E-state index in [1.165, 1.54) is 6.07 Å². The molecular formula is C13H17F3N2O2. The summed E-state index contributed by atoms with van der Waals surface area (Å²) < 4.78 is 41.3. The summed E-state index contributed by atoms with van der Waals surface area (Å²) >= 11 is 0. The summed E-state index contributed by atoms with van der Waals surface area (Å²) in [5.74, 6) is -1.89. The fraction of sp³-hybridized carbons (Fsp3) is 0.462. The van der Waals surface area contributed by atoms with Crippen molar-refractivity contribution in [3.8, 4) is 5.75 Å². The summed E-state index contributed by atoms with van der Waals surface area (Å²) in [5, 5.41) is 2.45. The van der Waals surface area contributed by atoms with Crippen LogP contribution in [0.4, 0.5) is 18.9 Å². The predicted molar refractivity (Wildman–Crippen MR) is 69.2 cm³/mol. The minimum Gasteiger partial charge on any atom is -0.432 e. The molecule has 3 N–H and O–H groups in total. The average Bonchev–Trinajstić information content (AvgIpc) is 2.32. The second-order valence-electron chi connectivity index (χ2n) is 4.32. The van der Waals surface area contributed by atoms with Gasteiger partial charge in [-0.2, -0.15) is 8.78 Å². The molecule has 0 fully saturated rings. The van der Waals surface area contributed by atoms with Gasteiger partial charge in [0.1, 0.15) is 0 Å². The lowest BCUT2D eigenvalue weighted by molar-refractivity contribution is -0.116. The van der Waals surface area contributed by atoms with Gasteiger partial charge in [0.15, 0.2) is 11.6 Å². The zero-order valence-corrected chi connectivity index (χ0v) is 11.0. The van der Waals surface area contributed by atoms with E-state index in [2.05, 4.69) is 10.1 Å². The lowest BCUT2D eigenvalue weighted by Crippen LogP contribution is -2.26. The molecule has 1 rings (SSSR count). The van der Waals surface area contributed by atoms with Crippen molar-refractivity contribution < 1.29 is 22.7 Å². The Labute approximate surface area is 115 Å². The number of halogens is 3. The van der Waals surface area contributed by atoms with Gasteiger partial charge in [-0.15, -0.1) is 0 Å². The Morgan fingerprint density at radius 3 is 2.70 bits per heavy atom. The maximum atomic E-state index is 13.4. The van der Waals surface area contributed by atoms with Gasteiger partial charge in [-0.05, 0) is 18.6 Å². The third-order valence-corrected chi connectivity index (χ3v) is 2.54. The molecule has 0 saturated heterocycles. The van der Waals surface area contributed by atoms with Crippen LogP contribution in [0.1, 0.15) is 26.2 Å². The molecule has 20 heavy (non-hydrogen) atoms. The van der Waals surface area contributed by atoms with Crippen LogP contribution in [0.15, 0.2) is 18.2 Å². The van der Waals surface area contributed by atoms with Crippen LogP contribution in [-0.4, -0.2) is 18.6 Å². The maximum Gasteiger partial charge on any atom is 0.387 e. The van der Waals surface area contributed by atoms with Crippen LogP contribution in [0.5, 0.6) is 5.75 Å². The second kappa shape index (κ2) is 7.74. The van der Waals surface area contributed by atoms with E-state index in [4.69, 9.17) is 5.73 Å². The number of nitrogens with two attached hydrogens (primary N) is 1. The summed E-state index contributed by atoms with van der Waals surface area (Å²) in [4.78, 5) is 11.6. The molecule has 0 aliphatic rings. The number of benzene rings is 1. The zero-order valence-electron chi connectivity index (χ0n) is 11.0. The normalized spacial score (nSPS) is 12.3. The predicted octanol–water partition coefficient (Wildman–Crippen LogP) is 2.88. The molecule has 0 aliphatic heterocycles. The fourth-order valence-electron chi connectivity index (χ4n) is 1.69. The summed E-state index contributed by atoms with van der Waals surface area (Å²) in [6.07, 6.45) is 1.69. The number of carbonyl (C=O) groups is 1. The number of alkyl halides is 2. The highest BCUT2D eigenvalue weighted by Crippen LogP contribution is 2.22. The van der Waals surface area contributed by atoms with Crippen molar-refractivity contribution in [1.29, 1.82) is 0 Å². The minimum absolute atomic E-state index is 0.116. The van der Waals surface area contributed by atoms with Crippen LogP contribution in [0.2, 0.25) is 0 Å². The first kappa shape index (κ1) is 16.3. The van der Waals surface area contributed by atoms with Crippen LogP contribution in [0, 0.1) is 5.82 Å². The second-order valence-corrected chi connectivity index (χ2v) is 4.32. The first-order chi connectivity index (χ1) is 9.42. The van der Waals surface area contributed by atoms with Gasteiger partial charge in [-0.3, -0.25) is 4.79 Å². The minimum atomic E-state index is -3.10. The Morgan fingerprint density at radius 2 is 2.15 bits per heavy atom. The van der Waals surface area contributed by atoms with E-state index >= 15 is 0 Å². The largest absolute Gasteiger partial charge is 0.432 e. The Kier molecular flexibility index (Phi) is 6.30. The van der Waals surface area contributed by atoms with Gasteiger partial charge < -0.3 is 15.8 Å². The first-order valence-electron chi connectivity index (χ1n) is 6.22. The van der Waals surface area contributed by atoms with Gasteiger partial charge in [0.05, 0.1) is 0 Å². The molecule has 0 heterocycles. The van der Waals surface area contributed by atoms with Crippen molar-refractivity contribution in [1.82, 2.24) is 0 Å². The third-order valence-electron chi connectivity index (χ3n) is 2.54. The molecule has 7 heteroatoms. The highest BCUT2D eigenvalue weighted by molar-refractivity contribution is 5.91. The van der Waals surface area contributed by atoms with E-state index in [0.29, 0.717) is 6.42 Å². The summed E-state index contributed by atoms with van der Waals surface area (Å²) in [6.45, 7) is -1.15. The summed E-state index contributed by atoms with van der Waals surface area (Å²) in [7, 11) is 0. The number of rotatable bonds is 7. The van der Waals surface area contributed by atoms with Crippen molar-refractivity contribution >= 4 is 11.6 Å². The van der Waals surface area contributed by atoms with Gasteiger partial charge >= 0.3 is 6.61 Å². The molecule has 4 nitrogen and oxygen atoms in total. The zero-order chi connectivity index (χ0) is 15.1. The molecule has 0 spiro atoms. The Balaban J connectivity index is 2.60. The number of ether oxygens (including phenoxy) is 1. The number of amides is 1. The summed E-state index contributed by atoms with van der Waals surface area (Å²) in [6, 6.07) is 2.97. The molecule has 0 aromatic heterocycles. The van der Waals surface area contributed by atoms with Gasteiger partial charge in [0.2, 0.25) is 5.91 Å². The van der Waals surface area contributed by atoms with Crippen LogP contribution in [-0.2, 0) is 4.79 Å². The number of carbonyl (C=O) groups excluding carboxylic acids is 1. The SMILES string of the molecule is CCCC(N)CC(=O)Nc1ccc(OC(F)F)c(F)c1. The lowest BCUT2D eigenvalue weighted by Gasteiger charge is -2.11. The molecule has 0 saturated carbocycles. The van der Waals surface area contributed by atoms with Crippen LogP contribution >= 0.6 is 0 Å². The molecule has 0 bridgehead atoms. The van der Waals surface area contributed by atoms with Gasteiger partial charge in [0, 0.05) is 24.2 Å². The maximum absolute atomic E-state index is 13.4. The number of hydrogen-bond acceptors (Lipinski definition) is 3.